The van der Waals surface area contributed by atoms with E-state index in [0.29, 0.717) is 12.1 Å². The molecule has 0 saturated carbocycles. The highest BCUT2D eigenvalue weighted by Gasteiger charge is 2.25. The molecule has 0 aliphatic heterocycles. The van der Waals surface area contributed by atoms with Crippen molar-refractivity contribution < 1.29 is 9.18 Å². The first-order valence-electron chi connectivity index (χ1n) is 5.28. The van der Waals surface area contributed by atoms with Crippen molar-refractivity contribution in [2.75, 3.05) is 6.54 Å². The molecule has 0 radical (unpaired) electrons. The van der Waals surface area contributed by atoms with E-state index in [4.69, 9.17) is 0 Å². The Balaban J connectivity index is 2.85. The standard InChI is InChI=1S/C12H17FN2O/c1-4-14-11(16)15-12(2,3)9-7-5-6-8-10(9)13/h5-8H,4H2,1-3H3,(H2,14,15,16). The minimum atomic E-state index is -0.732. The largest absolute Gasteiger partial charge is 0.338 e. The summed E-state index contributed by atoms with van der Waals surface area (Å²) in [5, 5.41) is 5.34. The first-order valence-corrected chi connectivity index (χ1v) is 5.28. The summed E-state index contributed by atoms with van der Waals surface area (Å²) < 4.78 is 13.5. The molecule has 0 spiro atoms. The minimum absolute atomic E-state index is 0.296. The number of hydrogen-bond acceptors (Lipinski definition) is 1. The average Bonchev–Trinajstić information content (AvgIpc) is 2.17. The van der Waals surface area contributed by atoms with Crippen LogP contribution in [-0.4, -0.2) is 12.6 Å². The molecule has 2 N–H and O–H groups in total. The minimum Gasteiger partial charge on any atom is -0.338 e. The van der Waals surface area contributed by atoms with Crippen molar-refractivity contribution in [3.05, 3.63) is 35.6 Å². The highest BCUT2D eigenvalue weighted by atomic mass is 19.1. The Hall–Kier alpha value is -1.58. The van der Waals surface area contributed by atoms with E-state index in [9.17, 15) is 9.18 Å². The van der Waals surface area contributed by atoms with E-state index in [-0.39, 0.29) is 11.8 Å². The van der Waals surface area contributed by atoms with Crippen LogP contribution in [0.3, 0.4) is 0 Å². The van der Waals surface area contributed by atoms with Gasteiger partial charge in [-0.1, -0.05) is 18.2 Å². The second kappa shape index (κ2) is 4.96. The van der Waals surface area contributed by atoms with Gasteiger partial charge < -0.3 is 10.6 Å². The third-order valence-corrected chi connectivity index (χ3v) is 2.31. The molecule has 1 aromatic carbocycles. The van der Waals surface area contributed by atoms with Crippen LogP contribution in [0.5, 0.6) is 0 Å². The number of benzene rings is 1. The van der Waals surface area contributed by atoms with Crippen LogP contribution in [0.25, 0.3) is 0 Å². The van der Waals surface area contributed by atoms with Gasteiger partial charge in [0.1, 0.15) is 5.82 Å². The number of hydrogen-bond donors (Lipinski definition) is 2. The predicted molar refractivity (Wildman–Crippen MR) is 61.6 cm³/mol. The topological polar surface area (TPSA) is 41.1 Å². The van der Waals surface area contributed by atoms with Crippen molar-refractivity contribution in [2.24, 2.45) is 0 Å². The Morgan fingerprint density at radius 1 is 1.38 bits per heavy atom. The maximum Gasteiger partial charge on any atom is 0.315 e. The molecule has 3 nitrogen and oxygen atoms in total. The second-order valence-electron chi connectivity index (χ2n) is 4.09. The van der Waals surface area contributed by atoms with Crippen LogP contribution in [0.2, 0.25) is 0 Å². The fourth-order valence-corrected chi connectivity index (χ4v) is 1.52. The summed E-state index contributed by atoms with van der Waals surface area (Å²) in [5.74, 6) is -0.315. The molecule has 0 unspecified atom stereocenters. The summed E-state index contributed by atoms with van der Waals surface area (Å²) in [4.78, 5) is 11.4. The molecular formula is C12H17FN2O. The smallest absolute Gasteiger partial charge is 0.315 e. The third kappa shape index (κ3) is 2.95. The van der Waals surface area contributed by atoms with Crippen molar-refractivity contribution in [2.45, 2.75) is 26.3 Å². The number of carbonyl (C=O) groups excluding carboxylic acids is 1. The Kier molecular flexibility index (Phi) is 3.88. The molecule has 88 valence electrons. The van der Waals surface area contributed by atoms with Crippen molar-refractivity contribution in [1.29, 1.82) is 0 Å². The Morgan fingerprint density at radius 3 is 2.56 bits per heavy atom. The molecule has 2 amide bonds. The maximum atomic E-state index is 13.5. The maximum absolute atomic E-state index is 13.5. The van der Waals surface area contributed by atoms with Crippen molar-refractivity contribution in [3.8, 4) is 0 Å². The quantitative estimate of drug-likeness (QED) is 0.813. The number of carbonyl (C=O) groups is 1. The number of amides is 2. The first kappa shape index (κ1) is 12.5. The Bertz CT molecular complexity index is 377. The Morgan fingerprint density at radius 2 is 2.00 bits per heavy atom. The van der Waals surface area contributed by atoms with Gasteiger partial charge in [-0.25, -0.2) is 9.18 Å². The molecule has 16 heavy (non-hydrogen) atoms. The molecule has 0 saturated heterocycles. The van der Waals surface area contributed by atoms with Gasteiger partial charge in [-0.2, -0.15) is 0 Å². The fourth-order valence-electron chi connectivity index (χ4n) is 1.52. The van der Waals surface area contributed by atoms with Crippen LogP contribution in [0, 0.1) is 5.82 Å². The third-order valence-electron chi connectivity index (χ3n) is 2.31. The lowest BCUT2D eigenvalue weighted by Crippen LogP contribution is -2.46. The van der Waals surface area contributed by atoms with Gasteiger partial charge in [-0.3, -0.25) is 0 Å². The molecule has 1 rings (SSSR count). The van der Waals surface area contributed by atoms with E-state index in [1.807, 2.05) is 6.92 Å². The average molecular weight is 224 g/mol. The SMILES string of the molecule is CCNC(=O)NC(C)(C)c1ccccc1F. The van der Waals surface area contributed by atoms with E-state index >= 15 is 0 Å². The molecule has 4 heteroatoms. The molecule has 0 aliphatic carbocycles. The molecule has 1 aromatic rings. The highest BCUT2D eigenvalue weighted by molar-refractivity contribution is 5.74. The normalized spacial score (nSPS) is 11.0. The summed E-state index contributed by atoms with van der Waals surface area (Å²) in [5.41, 5.74) is -0.258. The van der Waals surface area contributed by atoms with Crippen LogP contribution in [-0.2, 0) is 5.54 Å². The monoisotopic (exact) mass is 224 g/mol. The van der Waals surface area contributed by atoms with Gasteiger partial charge >= 0.3 is 6.03 Å². The fraction of sp³-hybridized carbons (Fsp3) is 0.417. The van der Waals surface area contributed by atoms with Gasteiger partial charge in [0.05, 0.1) is 5.54 Å². The van der Waals surface area contributed by atoms with Crippen LogP contribution in [0.1, 0.15) is 26.3 Å². The van der Waals surface area contributed by atoms with Crippen LogP contribution >= 0.6 is 0 Å². The van der Waals surface area contributed by atoms with Crippen molar-refractivity contribution in [1.82, 2.24) is 10.6 Å². The summed E-state index contributed by atoms with van der Waals surface area (Å²) in [6, 6.07) is 6.13. The molecule has 0 heterocycles. The summed E-state index contributed by atoms with van der Waals surface area (Å²) in [6.07, 6.45) is 0. The summed E-state index contributed by atoms with van der Waals surface area (Å²) in [7, 11) is 0. The van der Waals surface area contributed by atoms with E-state index < -0.39 is 5.54 Å². The second-order valence-corrected chi connectivity index (χ2v) is 4.09. The van der Waals surface area contributed by atoms with Crippen LogP contribution < -0.4 is 10.6 Å². The van der Waals surface area contributed by atoms with E-state index in [1.54, 1.807) is 32.0 Å². The van der Waals surface area contributed by atoms with Gasteiger partial charge in [0, 0.05) is 12.1 Å². The summed E-state index contributed by atoms with van der Waals surface area (Å²) in [6.45, 7) is 5.90. The van der Waals surface area contributed by atoms with Gasteiger partial charge in [-0.05, 0) is 26.8 Å². The highest BCUT2D eigenvalue weighted by Crippen LogP contribution is 2.22. The zero-order valence-corrected chi connectivity index (χ0v) is 9.80. The predicted octanol–water partition coefficient (Wildman–Crippen LogP) is 2.38. The molecular weight excluding hydrogens is 207 g/mol. The lowest BCUT2D eigenvalue weighted by atomic mass is 9.94. The molecule has 0 aromatic heterocycles. The lowest BCUT2D eigenvalue weighted by Gasteiger charge is -2.27. The molecule has 0 bridgehead atoms. The lowest BCUT2D eigenvalue weighted by molar-refractivity contribution is 0.230. The number of nitrogens with one attached hydrogen (secondary N) is 2. The Labute approximate surface area is 95.0 Å². The number of urea groups is 1. The number of rotatable bonds is 3. The zero-order valence-electron chi connectivity index (χ0n) is 9.80. The first-order chi connectivity index (χ1) is 7.47. The van der Waals surface area contributed by atoms with Crippen molar-refractivity contribution >= 4 is 6.03 Å². The van der Waals surface area contributed by atoms with Gasteiger partial charge in [0.15, 0.2) is 0 Å². The van der Waals surface area contributed by atoms with Crippen LogP contribution in [0.4, 0.5) is 9.18 Å². The van der Waals surface area contributed by atoms with Crippen LogP contribution in [0.15, 0.2) is 24.3 Å². The molecule has 0 aliphatic rings. The van der Waals surface area contributed by atoms with Gasteiger partial charge in [0.2, 0.25) is 0 Å². The summed E-state index contributed by atoms with van der Waals surface area (Å²) >= 11 is 0. The van der Waals surface area contributed by atoms with E-state index in [2.05, 4.69) is 10.6 Å². The van der Waals surface area contributed by atoms with Gasteiger partial charge in [0.25, 0.3) is 0 Å². The molecule has 0 fully saturated rings. The zero-order chi connectivity index (χ0) is 12.2. The van der Waals surface area contributed by atoms with Crippen molar-refractivity contribution in [3.63, 3.8) is 0 Å². The number of halogens is 1. The van der Waals surface area contributed by atoms with Gasteiger partial charge in [-0.15, -0.1) is 0 Å². The van der Waals surface area contributed by atoms with E-state index in [1.165, 1.54) is 6.07 Å². The van der Waals surface area contributed by atoms with E-state index in [0.717, 1.165) is 0 Å². The molecule has 0 atom stereocenters.